The van der Waals surface area contributed by atoms with Gasteiger partial charge in [0.15, 0.2) is 0 Å². The van der Waals surface area contributed by atoms with Gasteiger partial charge in [-0.05, 0) is 38.5 Å². The number of carbonyl (C=O) groups is 1. The van der Waals surface area contributed by atoms with Gasteiger partial charge >= 0.3 is 5.97 Å². The van der Waals surface area contributed by atoms with Gasteiger partial charge in [0, 0.05) is 11.8 Å². The van der Waals surface area contributed by atoms with Crippen LogP contribution in [0.3, 0.4) is 0 Å². The summed E-state index contributed by atoms with van der Waals surface area (Å²) in [5.74, 6) is 0.0114. The Morgan fingerprint density at radius 1 is 0.962 bits per heavy atom. The van der Waals surface area contributed by atoms with Gasteiger partial charge in [0.25, 0.3) is 0 Å². The van der Waals surface area contributed by atoms with E-state index < -0.39 is 0 Å². The molecule has 1 atom stereocenters. The Bertz CT molecular complexity index is 339. The summed E-state index contributed by atoms with van der Waals surface area (Å²) in [6.07, 6.45) is 17.8. The molecule has 3 N–H and O–H groups in total. The number of hydrogen-bond acceptors (Lipinski definition) is 3. The molecule has 156 valence electrons. The Hall–Kier alpha value is -0.830. The van der Waals surface area contributed by atoms with Crippen molar-refractivity contribution in [2.45, 2.75) is 124 Å². The van der Waals surface area contributed by atoms with Gasteiger partial charge in [-0.15, -0.1) is 6.58 Å². The molecule has 0 amide bonds. The van der Waals surface area contributed by atoms with Crippen LogP contribution in [0.25, 0.3) is 0 Å². The van der Waals surface area contributed by atoms with Crippen molar-refractivity contribution in [1.82, 2.24) is 6.15 Å². The highest BCUT2D eigenvalue weighted by molar-refractivity contribution is 5.69. The van der Waals surface area contributed by atoms with Gasteiger partial charge in [-0.3, -0.25) is 4.79 Å². The molecule has 0 aromatic carbocycles. The molecule has 0 fully saturated rings. The lowest BCUT2D eigenvalue weighted by atomic mass is 9.80. The maximum atomic E-state index is 12.3. The van der Waals surface area contributed by atoms with Gasteiger partial charge in [0.2, 0.25) is 0 Å². The Labute approximate surface area is 163 Å². The molecule has 0 aromatic heterocycles. The Morgan fingerprint density at radius 3 is 2.15 bits per heavy atom. The first-order valence-corrected chi connectivity index (χ1v) is 10.8. The summed E-state index contributed by atoms with van der Waals surface area (Å²) in [5, 5.41) is 0. The van der Waals surface area contributed by atoms with Gasteiger partial charge < -0.3 is 10.9 Å². The molecular formula is C23H47NO2. The molecule has 0 heterocycles. The number of esters is 1. The SMILES string of the molecule is C=CCCCCCCCCC(=O)OC(CCCCC)C(C)(C)CCC.N. The van der Waals surface area contributed by atoms with E-state index in [0.29, 0.717) is 6.42 Å². The number of hydrogen-bond donors (Lipinski definition) is 1. The normalized spacial score (nSPS) is 12.3. The lowest BCUT2D eigenvalue weighted by Gasteiger charge is -2.34. The van der Waals surface area contributed by atoms with Crippen molar-refractivity contribution in [3.8, 4) is 0 Å². The molecule has 0 aliphatic heterocycles. The molecule has 0 aliphatic rings. The summed E-state index contributed by atoms with van der Waals surface area (Å²) in [6.45, 7) is 12.7. The van der Waals surface area contributed by atoms with Gasteiger partial charge in [-0.25, -0.2) is 0 Å². The number of rotatable bonds is 17. The number of carbonyl (C=O) groups excluding carboxylic acids is 1. The second kappa shape index (κ2) is 17.6. The number of ether oxygens (including phenoxy) is 1. The Kier molecular flexibility index (Phi) is 18.5. The van der Waals surface area contributed by atoms with Crippen molar-refractivity contribution in [3.63, 3.8) is 0 Å². The Balaban J connectivity index is 0. The summed E-state index contributed by atoms with van der Waals surface area (Å²) in [4.78, 5) is 12.3. The standard InChI is InChI=1S/C23H44O2.H3N/c1-6-9-11-12-13-14-15-17-19-22(24)25-21(18-16-10-7-2)23(4,5)20-8-3;/h6,21H,1,7-20H2,2-5H3;1H3. The van der Waals surface area contributed by atoms with E-state index in [1.54, 1.807) is 0 Å². The summed E-state index contributed by atoms with van der Waals surface area (Å²) >= 11 is 0. The van der Waals surface area contributed by atoms with Crippen molar-refractivity contribution in [3.05, 3.63) is 12.7 Å². The third-order valence-corrected chi connectivity index (χ3v) is 5.15. The van der Waals surface area contributed by atoms with Crippen molar-refractivity contribution in [1.29, 1.82) is 0 Å². The minimum atomic E-state index is 0. The molecule has 0 spiro atoms. The molecule has 26 heavy (non-hydrogen) atoms. The predicted molar refractivity (Wildman–Crippen MR) is 115 cm³/mol. The largest absolute Gasteiger partial charge is 0.462 e. The van der Waals surface area contributed by atoms with Gasteiger partial charge in [0.05, 0.1) is 0 Å². The second-order valence-corrected chi connectivity index (χ2v) is 8.16. The zero-order valence-electron chi connectivity index (χ0n) is 18.3. The topological polar surface area (TPSA) is 61.3 Å². The van der Waals surface area contributed by atoms with Crippen LogP contribution in [0.15, 0.2) is 12.7 Å². The van der Waals surface area contributed by atoms with Crippen LogP contribution in [0.4, 0.5) is 0 Å². The first-order chi connectivity index (χ1) is 12.0. The highest BCUT2D eigenvalue weighted by Crippen LogP contribution is 2.32. The number of unbranched alkanes of at least 4 members (excludes halogenated alkanes) is 8. The van der Waals surface area contributed by atoms with Crippen LogP contribution in [0.2, 0.25) is 0 Å². The van der Waals surface area contributed by atoms with Crippen LogP contribution in [0, 0.1) is 5.41 Å². The number of allylic oxidation sites excluding steroid dienone is 1. The summed E-state index contributed by atoms with van der Waals surface area (Å²) in [6, 6.07) is 0. The maximum absolute atomic E-state index is 12.3. The minimum absolute atomic E-state index is 0. The lowest BCUT2D eigenvalue weighted by Crippen LogP contribution is -2.34. The fourth-order valence-corrected chi connectivity index (χ4v) is 3.48. The van der Waals surface area contributed by atoms with Crippen LogP contribution in [-0.2, 0) is 9.53 Å². The van der Waals surface area contributed by atoms with Gasteiger partial charge in [0.1, 0.15) is 6.10 Å². The highest BCUT2D eigenvalue weighted by Gasteiger charge is 2.31. The summed E-state index contributed by atoms with van der Waals surface area (Å²) < 4.78 is 5.92. The molecule has 0 saturated heterocycles. The third-order valence-electron chi connectivity index (χ3n) is 5.15. The van der Waals surface area contributed by atoms with E-state index in [1.165, 1.54) is 38.5 Å². The summed E-state index contributed by atoms with van der Waals surface area (Å²) in [7, 11) is 0. The molecule has 3 nitrogen and oxygen atoms in total. The minimum Gasteiger partial charge on any atom is -0.462 e. The van der Waals surface area contributed by atoms with E-state index >= 15 is 0 Å². The van der Waals surface area contributed by atoms with E-state index in [-0.39, 0.29) is 23.6 Å². The molecule has 0 bridgehead atoms. The van der Waals surface area contributed by atoms with Gasteiger partial charge in [-0.1, -0.05) is 78.7 Å². The maximum Gasteiger partial charge on any atom is 0.306 e. The average Bonchev–Trinajstić information content (AvgIpc) is 2.56. The average molecular weight is 370 g/mol. The molecule has 0 saturated carbocycles. The monoisotopic (exact) mass is 369 g/mol. The molecule has 0 rings (SSSR count). The molecule has 0 aliphatic carbocycles. The summed E-state index contributed by atoms with van der Waals surface area (Å²) in [5.41, 5.74) is 0.0866. The predicted octanol–water partition coefficient (Wildman–Crippen LogP) is 7.77. The molecule has 0 radical (unpaired) electrons. The molecule has 3 heteroatoms. The zero-order valence-corrected chi connectivity index (χ0v) is 18.3. The third kappa shape index (κ3) is 14.4. The van der Waals surface area contributed by atoms with Crippen LogP contribution < -0.4 is 6.15 Å². The van der Waals surface area contributed by atoms with E-state index in [1.807, 2.05) is 6.08 Å². The van der Waals surface area contributed by atoms with Crippen molar-refractivity contribution in [2.24, 2.45) is 5.41 Å². The van der Waals surface area contributed by atoms with Crippen molar-refractivity contribution < 1.29 is 9.53 Å². The van der Waals surface area contributed by atoms with E-state index in [0.717, 1.165) is 44.9 Å². The van der Waals surface area contributed by atoms with E-state index in [2.05, 4.69) is 34.3 Å². The van der Waals surface area contributed by atoms with Crippen LogP contribution in [0.1, 0.15) is 118 Å². The van der Waals surface area contributed by atoms with Crippen LogP contribution >= 0.6 is 0 Å². The zero-order chi connectivity index (χ0) is 19.0. The Morgan fingerprint density at radius 2 is 1.58 bits per heavy atom. The molecule has 0 aromatic rings. The van der Waals surface area contributed by atoms with Crippen molar-refractivity contribution in [2.75, 3.05) is 0 Å². The second-order valence-electron chi connectivity index (χ2n) is 8.16. The first-order valence-electron chi connectivity index (χ1n) is 10.8. The highest BCUT2D eigenvalue weighted by atomic mass is 16.5. The van der Waals surface area contributed by atoms with Crippen LogP contribution in [0.5, 0.6) is 0 Å². The van der Waals surface area contributed by atoms with Gasteiger partial charge in [-0.2, -0.15) is 0 Å². The van der Waals surface area contributed by atoms with E-state index in [4.69, 9.17) is 4.74 Å². The first kappa shape index (κ1) is 27.4. The van der Waals surface area contributed by atoms with Crippen LogP contribution in [-0.4, -0.2) is 12.1 Å². The van der Waals surface area contributed by atoms with E-state index in [9.17, 15) is 4.79 Å². The molecule has 1 unspecified atom stereocenters. The lowest BCUT2D eigenvalue weighted by molar-refractivity contribution is -0.156. The quantitative estimate of drug-likeness (QED) is 0.162. The van der Waals surface area contributed by atoms with Crippen molar-refractivity contribution >= 4 is 5.97 Å². The smallest absolute Gasteiger partial charge is 0.306 e. The fourth-order valence-electron chi connectivity index (χ4n) is 3.48. The fraction of sp³-hybridized carbons (Fsp3) is 0.870. The molecular weight excluding hydrogens is 322 g/mol.